The smallest absolute Gasteiger partial charge is 0.156 e. The molecule has 3 heterocycles. The molecule has 0 atom stereocenters. The first kappa shape index (κ1) is 14.0. The molecule has 0 bridgehead atoms. The monoisotopic (exact) mass is 275 g/mol. The molecule has 17 heavy (non-hydrogen) atoms. The van der Waals surface area contributed by atoms with E-state index in [0.717, 1.165) is 43.0 Å². The molecule has 0 saturated carbocycles. The first-order valence-corrected chi connectivity index (χ1v) is 5.19. The molecule has 1 saturated heterocycles. The summed E-state index contributed by atoms with van der Waals surface area (Å²) in [7, 11) is 0. The van der Waals surface area contributed by atoms with E-state index in [2.05, 4.69) is 25.2 Å². The summed E-state index contributed by atoms with van der Waals surface area (Å²) >= 11 is 0. The van der Waals surface area contributed by atoms with E-state index in [0.29, 0.717) is 0 Å². The molecule has 94 valence electrons. The van der Waals surface area contributed by atoms with Gasteiger partial charge in [-0.3, -0.25) is 0 Å². The maximum atomic E-state index is 4.36. The van der Waals surface area contributed by atoms with Crippen molar-refractivity contribution in [3.05, 3.63) is 18.6 Å². The van der Waals surface area contributed by atoms with Gasteiger partial charge in [0.05, 0.1) is 5.52 Å². The fraction of sp³-hybridized carbons (Fsp3) is 0.400. The first-order chi connectivity index (χ1) is 7.45. The number of nitrogens with one attached hydrogen (secondary N) is 2. The lowest BCUT2D eigenvalue weighted by atomic mass is 10.3. The molecule has 0 radical (unpaired) electrons. The Balaban J connectivity index is 0.000000722. The normalized spacial score (nSPS) is 15.2. The number of piperazine rings is 1. The van der Waals surface area contributed by atoms with Crippen LogP contribution in [0, 0.1) is 0 Å². The van der Waals surface area contributed by atoms with Gasteiger partial charge in [-0.05, 0) is 6.07 Å². The van der Waals surface area contributed by atoms with E-state index in [-0.39, 0.29) is 24.8 Å². The molecule has 2 aromatic rings. The van der Waals surface area contributed by atoms with Crippen LogP contribution in [0.1, 0.15) is 0 Å². The number of hydrogen-bond donors (Lipinski definition) is 2. The number of aromatic amines is 1. The number of rotatable bonds is 1. The molecule has 1 aliphatic heterocycles. The van der Waals surface area contributed by atoms with E-state index >= 15 is 0 Å². The van der Waals surface area contributed by atoms with Gasteiger partial charge in [0.1, 0.15) is 11.8 Å². The van der Waals surface area contributed by atoms with Crippen LogP contribution in [0.25, 0.3) is 11.0 Å². The maximum absolute atomic E-state index is 4.36. The second-order valence-electron chi connectivity index (χ2n) is 3.67. The van der Waals surface area contributed by atoms with E-state index < -0.39 is 0 Å². The van der Waals surface area contributed by atoms with Crippen molar-refractivity contribution in [2.75, 3.05) is 31.1 Å². The van der Waals surface area contributed by atoms with E-state index in [1.54, 1.807) is 6.33 Å². The van der Waals surface area contributed by atoms with Crippen LogP contribution in [0.3, 0.4) is 0 Å². The predicted molar refractivity (Wildman–Crippen MR) is 73.5 cm³/mol. The standard InChI is InChI=1S/C10H13N5.2ClH/c1-2-12-9-8(1)13-7-14-10(9)15-5-3-11-4-6-15;;/h1-2,7,11-12H,3-6H2;2*1H. The van der Waals surface area contributed by atoms with Crippen LogP contribution in [0.2, 0.25) is 0 Å². The Bertz CT molecular complexity index is 466. The Hall–Kier alpha value is -1.04. The minimum Gasteiger partial charge on any atom is -0.357 e. The topological polar surface area (TPSA) is 56.8 Å². The summed E-state index contributed by atoms with van der Waals surface area (Å²) in [5.41, 5.74) is 2.03. The van der Waals surface area contributed by atoms with Crippen LogP contribution < -0.4 is 10.2 Å². The number of H-pyrrole nitrogens is 1. The number of fused-ring (bicyclic) bond motifs is 1. The van der Waals surface area contributed by atoms with Crippen molar-refractivity contribution in [3.63, 3.8) is 0 Å². The van der Waals surface area contributed by atoms with Crippen molar-refractivity contribution in [2.45, 2.75) is 0 Å². The second-order valence-corrected chi connectivity index (χ2v) is 3.67. The minimum absolute atomic E-state index is 0. The van der Waals surface area contributed by atoms with Crippen molar-refractivity contribution >= 4 is 41.7 Å². The number of nitrogens with zero attached hydrogens (tertiary/aromatic N) is 3. The number of anilines is 1. The van der Waals surface area contributed by atoms with E-state index in [1.165, 1.54) is 0 Å². The molecule has 3 rings (SSSR count). The third-order valence-corrected chi connectivity index (χ3v) is 2.74. The van der Waals surface area contributed by atoms with Crippen LogP contribution in [0.4, 0.5) is 5.82 Å². The molecule has 0 spiro atoms. The Labute approximate surface area is 112 Å². The summed E-state index contributed by atoms with van der Waals surface area (Å²) in [6.07, 6.45) is 3.54. The lowest BCUT2D eigenvalue weighted by molar-refractivity contribution is 0.586. The van der Waals surface area contributed by atoms with Crippen LogP contribution in [-0.4, -0.2) is 41.1 Å². The Morgan fingerprint density at radius 3 is 2.65 bits per heavy atom. The zero-order valence-electron chi connectivity index (χ0n) is 9.22. The SMILES string of the molecule is Cl.Cl.c1nc(N2CCNCC2)c2[nH]ccc2n1. The summed E-state index contributed by atoms with van der Waals surface area (Å²) in [6.45, 7) is 4.05. The molecule has 0 aromatic carbocycles. The molecule has 2 aromatic heterocycles. The summed E-state index contributed by atoms with van der Waals surface area (Å²) < 4.78 is 0. The minimum atomic E-state index is 0. The maximum Gasteiger partial charge on any atom is 0.156 e. The predicted octanol–water partition coefficient (Wildman–Crippen LogP) is 1.21. The van der Waals surface area contributed by atoms with Crippen LogP contribution in [0.15, 0.2) is 18.6 Å². The van der Waals surface area contributed by atoms with Crippen LogP contribution in [-0.2, 0) is 0 Å². The third-order valence-electron chi connectivity index (χ3n) is 2.74. The summed E-state index contributed by atoms with van der Waals surface area (Å²) in [5.74, 6) is 1.02. The molecule has 1 fully saturated rings. The van der Waals surface area contributed by atoms with Gasteiger partial charge in [0.2, 0.25) is 0 Å². The highest BCUT2D eigenvalue weighted by atomic mass is 35.5. The van der Waals surface area contributed by atoms with Crippen molar-refractivity contribution in [1.82, 2.24) is 20.3 Å². The highest BCUT2D eigenvalue weighted by Crippen LogP contribution is 2.20. The number of aromatic nitrogens is 3. The number of halogens is 2. The van der Waals surface area contributed by atoms with Crippen molar-refractivity contribution < 1.29 is 0 Å². The molecule has 5 nitrogen and oxygen atoms in total. The van der Waals surface area contributed by atoms with Gasteiger partial charge in [-0.25, -0.2) is 9.97 Å². The fourth-order valence-electron chi connectivity index (χ4n) is 1.97. The molecule has 0 amide bonds. The van der Waals surface area contributed by atoms with Crippen LogP contribution >= 0.6 is 24.8 Å². The second kappa shape index (κ2) is 6.05. The van der Waals surface area contributed by atoms with Crippen molar-refractivity contribution in [1.29, 1.82) is 0 Å². The van der Waals surface area contributed by atoms with Gasteiger partial charge in [0.15, 0.2) is 5.82 Å². The third kappa shape index (κ3) is 2.62. The fourth-order valence-corrected chi connectivity index (χ4v) is 1.97. The molecular formula is C10H15Cl2N5. The van der Waals surface area contributed by atoms with Crippen LogP contribution in [0.5, 0.6) is 0 Å². The Morgan fingerprint density at radius 1 is 1.12 bits per heavy atom. The molecule has 1 aliphatic rings. The van der Waals surface area contributed by atoms with Gasteiger partial charge in [-0.2, -0.15) is 0 Å². The quantitative estimate of drug-likeness (QED) is 0.822. The van der Waals surface area contributed by atoms with Gasteiger partial charge < -0.3 is 15.2 Å². The molecule has 0 aliphatic carbocycles. The van der Waals surface area contributed by atoms with E-state index in [9.17, 15) is 0 Å². The summed E-state index contributed by atoms with van der Waals surface area (Å²) in [4.78, 5) is 14.1. The number of hydrogen-bond acceptors (Lipinski definition) is 4. The lowest BCUT2D eigenvalue weighted by Crippen LogP contribution is -2.44. The zero-order chi connectivity index (χ0) is 10.1. The Morgan fingerprint density at radius 2 is 1.88 bits per heavy atom. The molecule has 7 heteroatoms. The van der Waals surface area contributed by atoms with Crippen molar-refractivity contribution in [3.8, 4) is 0 Å². The summed E-state index contributed by atoms with van der Waals surface area (Å²) in [6, 6.07) is 1.97. The Kier molecular flexibility index (Phi) is 4.99. The van der Waals surface area contributed by atoms with Gasteiger partial charge in [0.25, 0.3) is 0 Å². The van der Waals surface area contributed by atoms with Gasteiger partial charge in [-0.15, -0.1) is 24.8 Å². The van der Waals surface area contributed by atoms with Gasteiger partial charge in [0, 0.05) is 32.4 Å². The average molecular weight is 276 g/mol. The van der Waals surface area contributed by atoms with E-state index in [4.69, 9.17) is 0 Å². The van der Waals surface area contributed by atoms with E-state index in [1.807, 2.05) is 12.3 Å². The highest BCUT2D eigenvalue weighted by molar-refractivity contribution is 5.86. The summed E-state index contributed by atoms with van der Waals surface area (Å²) in [5, 5.41) is 3.33. The average Bonchev–Trinajstić information content (AvgIpc) is 2.78. The molecule has 2 N–H and O–H groups in total. The van der Waals surface area contributed by atoms with Gasteiger partial charge >= 0.3 is 0 Å². The molecule has 0 unspecified atom stereocenters. The first-order valence-electron chi connectivity index (χ1n) is 5.19. The van der Waals surface area contributed by atoms with Crippen molar-refractivity contribution in [2.24, 2.45) is 0 Å². The molecular weight excluding hydrogens is 261 g/mol. The van der Waals surface area contributed by atoms with Gasteiger partial charge in [-0.1, -0.05) is 0 Å². The lowest BCUT2D eigenvalue weighted by Gasteiger charge is -2.28. The highest BCUT2D eigenvalue weighted by Gasteiger charge is 2.14. The zero-order valence-corrected chi connectivity index (χ0v) is 10.9. The largest absolute Gasteiger partial charge is 0.357 e.